The number of hydrogen-bond acceptors (Lipinski definition) is 2. The molecule has 2 rings (SSSR count). The maximum Gasteiger partial charge on any atom is 0.497 e. The van der Waals surface area contributed by atoms with Gasteiger partial charge in [-0.05, 0) is 33.8 Å². The predicted molar refractivity (Wildman–Crippen MR) is 72.4 cm³/mol. The first kappa shape index (κ1) is 14.0. The molecule has 0 amide bonds. The summed E-state index contributed by atoms with van der Waals surface area (Å²) >= 11 is 0. The highest BCUT2D eigenvalue weighted by Crippen LogP contribution is 2.36. The first-order valence-corrected chi connectivity index (χ1v) is 6.24. The lowest BCUT2D eigenvalue weighted by molar-refractivity contribution is 0.00578. The van der Waals surface area contributed by atoms with Crippen LogP contribution in [0.5, 0.6) is 0 Å². The van der Waals surface area contributed by atoms with Gasteiger partial charge in [-0.25, -0.2) is 11.0 Å². The van der Waals surface area contributed by atoms with Gasteiger partial charge in [0.05, 0.1) is 11.2 Å². The van der Waals surface area contributed by atoms with Gasteiger partial charge in [0.2, 0.25) is 6.54 Å². The number of rotatable bonds is 2. The Morgan fingerprint density at radius 3 is 2.26 bits per heavy atom. The van der Waals surface area contributed by atoms with Gasteiger partial charge in [0.1, 0.15) is 5.82 Å². The number of benzene rings is 1. The Hall–Kier alpha value is -1.38. The van der Waals surface area contributed by atoms with E-state index in [0.29, 0.717) is 11.0 Å². The van der Waals surface area contributed by atoms with Crippen molar-refractivity contribution in [3.8, 4) is 0 Å². The summed E-state index contributed by atoms with van der Waals surface area (Å²) in [7, 11) is -0.702. The molecule has 0 atom stereocenters. The van der Waals surface area contributed by atoms with Crippen LogP contribution in [0.25, 0.3) is 4.85 Å². The highest BCUT2D eigenvalue weighted by atomic mass is 19.1. The molecule has 19 heavy (non-hydrogen) atoms. The van der Waals surface area contributed by atoms with Crippen LogP contribution >= 0.6 is 0 Å². The monoisotopic (exact) mass is 261 g/mol. The van der Waals surface area contributed by atoms with Crippen molar-refractivity contribution in [1.82, 2.24) is 0 Å². The van der Waals surface area contributed by atoms with E-state index in [1.54, 1.807) is 12.1 Å². The number of hydrogen-bond donors (Lipinski definition) is 0. The third-order valence-corrected chi connectivity index (χ3v) is 3.83. The van der Waals surface area contributed by atoms with E-state index in [9.17, 15) is 4.39 Å². The molecule has 1 aromatic carbocycles. The van der Waals surface area contributed by atoms with Crippen molar-refractivity contribution in [2.24, 2.45) is 0 Å². The molecule has 5 heteroatoms. The molecule has 0 aliphatic carbocycles. The largest absolute Gasteiger partial charge is 0.497 e. The molecule has 0 unspecified atom stereocenters. The molecule has 1 aromatic rings. The van der Waals surface area contributed by atoms with Crippen molar-refractivity contribution in [1.29, 1.82) is 0 Å². The molecule has 0 saturated carbocycles. The second kappa shape index (κ2) is 4.62. The molecule has 100 valence electrons. The Labute approximate surface area is 113 Å². The second-order valence-corrected chi connectivity index (χ2v) is 5.76. The van der Waals surface area contributed by atoms with Crippen LogP contribution in [-0.2, 0) is 15.9 Å². The zero-order valence-electron chi connectivity index (χ0n) is 11.7. The van der Waals surface area contributed by atoms with Gasteiger partial charge in [-0.3, -0.25) is 0 Å². The first-order chi connectivity index (χ1) is 8.77. The average molecular weight is 261 g/mol. The van der Waals surface area contributed by atoms with Crippen molar-refractivity contribution in [2.75, 3.05) is 0 Å². The molecule has 1 aliphatic heterocycles. The molecule has 0 radical (unpaired) electrons. The zero-order valence-corrected chi connectivity index (χ0v) is 11.7. The van der Waals surface area contributed by atoms with Crippen LogP contribution < -0.4 is 5.46 Å². The summed E-state index contributed by atoms with van der Waals surface area (Å²) in [5, 5.41) is 0. The van der Waals surface area contributed by atoms with Crippen LogP contribution in [0.2, 0.25) is 0 Å². The van der Waals surface area contributed by atoms with E-state index in [2.05, 4.69) is 4.85 Å². The summed E-state index contributed by atoms with van der Waals surface area (Å²) in [6.07, 6.45) is 0. The minimum absolute atomic E-state index is 0.181. The summed E-state index contributed by atoms with van der Waals surface area (Å²) in [6.45, 7) is 14.7. The molecule has 1 fully saturated rings. The Bertz CT molecular complexity index is 521. The molecule has 0 N–H and O–H groups in total. The quantitative estimate of drug-likeness (QED) is 0.603. The fraction of sp³-hybridized carbons (Fsp3) is 0.500. The van der Waals surface area contributed by atoms with Crippen LogP contribution in [0.3, 0.4) is 0 Å². The molecule has 0 bridgehead atoms. The van der Waals surface area contributed by atoms with Crippen molar-refractivity contribution < 1.29 is 13.7 Å². The average Bonchev–Trinajstić information content (AvgIpc) is 2.48. The zero-order chi connectivity index (χ0) is 14.3. The molecule has 1 saturated heterocycles. The third-order valence-electron chi connectivity index (χ3n) is 3.83. The summed E-state index contributed by atoms with van der Waals surface area (Å²) in [4.78, 5) is 3.24. The van der Waals surface area contributed by atoms with E-state index in [1.807, 2.05) is 27.7 Å². The summed E-state index contributed by atoms with van der Waals surface area (Å²) in [5.74, 6) is -0.389. The first-order valence-electron chi connectivity index (χ1n) is 6.24. The van der Waals surface area contributed by atoms with E-state index in [-0.39, 0.29) is 12.4 Å². The number of halogens is 1. The molecule has 0 aromatic heterocycles. The molecule has 3 nitrogen and oxygen atoms in total. The smallest absolute Gasteiger partial charge is 0.399 e. The van der Waals surface area contributed by atoms with E-state index < -0.39 is 18.3 Å². The van der Waals surface area contributed by atoms with Crippen molar-refractivity contribution in [2.45, 2.75) is 45.4 Å². The predicted octanol–water partition coefficient (Wildman–Crippen LogP) is 2.54. The van der Waals surface area contributed by atoms with E-state index in [1.165, 1.54) is 6.07 Å². The third kappa shape index (κ3) is 2.51. The maximum absolute atomic E-state index is 14.1. The van der Waals surface area contributed by atoms with Crippen molar-refractivity contribution in [3.63, 3.8) is 0 Å². The summed E-state index contributed by atoms with van der Waals surface area (Å²) < 4.78 is 25.7. The molecular formula is C14H17BFNO2. The van der Waals surface area contributed by atoms with Gasteiger partial charge in [0, 0.05) is 11.0 Å². The van der Waals surface area contributed by atoms with Gasteiger partial charge in [-0.15, -0.1) is 0 Å². The van der Waals surface area contributed by atoms with Crippen LogP contribution in [0.4, 0.5) is 4.39 Å². The Morgan fingerprint density at radius 1 is 1.21 bits per heavy atom. The van der Waals surface area contributed by atoms with Crippen LogP contribution in [0.15, 0.2) is 18.2 Å². The highest BCUT2D eigenvalue weighted by molar-refractivity contribution is 6.62. The van der Waals surface area contributed by atoms with Crippen LogP contribution in [-0.4, -0.2) is 18.3 Å². The van der Waals surface area contributed by atoms with Gasteiger partial charge in [0.25, 0.3) is 0 Å². The Morgan fingerprint density at radius 2 is 1.79 bits per heavy atom. The highest BCUT2D eigenvalue weighted by Gasteiger charge is 2.52. The lowest BCUT2D eigenvalue weighted by Gasteiger charge is -2.32. The van der Waals surface area contributed by atoms with Gasteiger partial charge in [-0.1, -0.05) is 12.1 Å². The van der Waals surface area contributed by atoms with Crippen molar-refractivity contribution in [3.05, 3.63) is 41.0 Å². The summed E-state index contributed by atoms with van der Waals surface area (Å²) in [6, 6.07) is 4.75. The maximum atomic E-state index is 14.1. The van der Waals surface area contributed by atoms with Crippen LogP contribution in [0, 0.1) is 12.4 Å². The fourth-order valence-corrected chi connectivity index (χ4v) is 1.92. The molecule has 1 aliphatic rings. The second-order valence-electron chi connectivity index (χ2n) is 5.76. The lowest BCUT2D eigenvalue weighted by atomic mass is 9.78. The van der Waals surface area contributed by atoms with E-state index in [0.717, 1.165) is 0 Å². The van der Waals surface area contributed by atoms with Gasteiger partial charge in [-0.2, -0.15) is 0 Å². The molecule has 0 spiro atoms. The Kier molecular flexibility index (Phi) is 3.42. The molecule has 1 heterocycles. The topological polar surface area (TPSA) is 22.8 Å². The SMILES string of the molecule is [C-]#[N+]Cc1ccc(B2OC(C)(C)C(C)(C)O2)c(F)c1. The Balaban J connectivity index is 2.28. The standard InChI is InChI=1S/C14H17BFNO2/c1-13(2)14(3,4)19-15(18-13)11-7-6-10(9-17-5)8-12(11)16/h6-8H,9H2,1-4H3. The summed E-state index contributed by atoms with van der Waals surface area (Å²) in [5.41, 5.74) is 0.0682. The number of nitrogens with zero attached hydrogens (tertiary/aromatic N) is 1. The van der Waals surface area contributed by atoms with Gasteiger partial charge >= 0.3 is 7.12 Å². The minimum Gasteiger partial charge on any atom is -0.399 e. The van der Waals surface area contributed by atoms with Gasteiger partial charge < -0.3 is 14.2 Å². The van der Waals surface area contributed by atoms with E-state index >= 15 is 0 Å². The fourth-order valence-electron chi connectivity index (χ4n) is 1.92. The lowest BCUT2D eigenvalue weighted by Crippen LogP contribution is -2.41. The molecular weight excluding hydrogens is 244 g/mol. The van der Waals surface area contributed by atoms with Gasteiger partial charge in [0.15, 0.2) is 0 Å². The minimum atomic E-state index is -0.702. The van der Waals surface area contributed by atoms with E-state index in [4.69, 9.17) is 15.9 Å². The normalized spacial score (nSPS) is 20.3. The van der Waals surface area contributed by atoms with Crippen molar-refractivity contribution >= 4 is 12.6 Å². The van der Waals surface area contributed by atoms with Crippen LogP contribution in [0.1, 0.15) is 33.3 Å².